The molecule has 0 N–H and O–H groups in total. The Bertz CT molecular complexity index is 401. The van der Waals surface area contributed by atoms with Gasteiger partial charge in [-0.25, -0.2) is 0 Å². The molecule has 0 unspecified atom stereocenters. The fraction of sp³-hybridized carbons (Fsp3) is 0.308. The van der Waals surface area contributed by atoms with Crippen molar-refractivity contribution < 1.29 is 4.74 Å². The van der Waals surface area contributed by atoms with Crippen LogP contribution in [0, 0.1) is 18.3 Å². The van der Waals surface area contributed by atoms with Gasteiger partial charge in [0.2, 0.25) is 0 Å². The SMILES string of the molecule is C=C(C)CCOc1c(C)cccc1C#N. The van der Waals surface area contributed by atoms with Gasteiger partial charge in [0.25, 0.3) is 0 Å². The zero-order valence-electron chi connectivity index (χ0n) is 9.21. The Morgan fingerprint density at radius 3 is 2.87 bits per heavy atom. The van der Waals surface area contributed by atoms with Gasteiger partial charge in [-0.2, -0.15) is 5.26 Å². The maximum atomic E-state index is 8.90. The van der Waals surface area contributed by atoms with E-state index in [9.17, 15) is 0 Å². The van der Waals surface area contributed by atoms with Crippen LogP contribution in [0.25, 0.3) is 0 Å². The summed E-state index contributed by atoms with van der Waals surface area (Å²) in [4.78, 5) is 0. The molecule has 2 nitrogen and oxygen atoms in total. The molecule has 0 amide bonds. The number of nitrogens with zero attached hydrogens (tertiary/aromatic N) is 1. The van der Waals surface area contributed by atoms with Crippen LogP contribution in [0.4, 0.5) is 0 Å². The molecule has 1 aromatic rings. The van der Waals surface area contributed by atoms with Crippen LogP contribution in [0.1, 0.15) is 24.5 Å². The number of aryl methyl sites for hydroxylation is 1. The summed E-state index contributed by atoms with van der Waals surface area (Å²) in [5.74, 6) is 0.696. The Morgan fingerprint density at radius 1 is 1.53 bits per heavy atom. The van der Waals surface area contributed by atoms with Crippen LogP contribution in [-0.2, 0) is 0 Å². The van der Waals surface area contributed by atoms with E-state index in [1.54, 1.807) is 6.07 Å². The van der Waals surface area contributed by atoms with Crippen molar-refractivity contribution >= 4 is 0 Å². The van der Waals surface area contributed by atoms with Gasteiger partial charge in [-0.3, -0.25) is 0 Å². The molecule has 0 aliphatic heterocycles. The number of para-hydroxylation sites is 1. The summed E-state index contributed by atoms with van der Waals surface area (Å²) < 4.78 is 5.59. The number of nitriles is 1. The molecule has 2 heteroatoms. The van der Waals surface area contributed by atoms with Gasteiger partial charge >= 0.3 is 0 Å². The lowest BCUT2D eigenvalue weighted by Gasteiger charge is -2.10. The molecule has 0 heterocycles. The van der Waals surface area contributed by atoms with Crippen LogP contribution in [0.5, 0.6) is 5.75 Å². The molecule has 78 valence electrons. The molecule has 0 bridgehead atoms. The Labute approximate surface area is 90.8 Å². The van der Waals surface area contributed by atoms with Crippen LogP contribution >= 0.6 is 0 Å². The van der Waals surface area contributed by atoms with Gasteiger partial charge in [0.15, 0.2) is 0 Å². The molecular weight excluding hydrogens is 186 g/mol. The van der Waals surface area contributed by atoms with Gasteiger partial charge in [0.05, 0.1) is 12.2 Å². The highest BCUT2D eigenvalue weighted by atomic mass is 16.5. The lowest BCUT2D eigenvalue weighted by molar-refractivity contribution is 0.318. The van der Waals surface area contributed by atoms with Crippen LogP contribution < -0.4 is 4.74 Å². The van der Waals surface area contributed by atoms with Gasteiger partial charge in [-0.15, -0.1) is 6.58 Å². The van der Waals surface area contributed by atoms with E-state index < -0.39 is 0 Å². The topological polar surface area (TPSA) is 33.0 Å². The quantitative estimate of drug-likeness (QED) is 0.701. The molecular formula is C13H15NO. The first-order valence-electron chi connectivity index (χ1n) is 4.92. The second-order valence-corrected chi connectivity index (χ2v) is 3.62. The van der Waals surface area contributed by atoms with Crippen molar-refractivity contribution in [3.05, 3.63) is 41.5 Å². The lowest BCUT2D eigenvalue weighted by Crippen LogP contribution is -2.01. The maximum Gasteiger partial charge on any atom is 0.139 e. The predicted molar refractivity (Wildman–Crippen MR) is 60.8 cm³/mol. The fourth-order valence-electron chi connectivity index (χ4n) is 1.26. The van der Waals surface area contributed by atoms with Crippen molar-refractivity contribution in [1.29, 1.82) is 5.26 Å². The first kappa shape index (κ1) is 11.3. The van der Waals surface area contributed by atoms with Gasteiger partial charge < -0.3 is 4.74 Å². The average Bonchev–Trinajstić information content (AvgIpc) is 2.20. The molecule has 0 saturated carbocycles. The summed E-state index contributed by atoms with van der Waals surface area (Å²) in [6, 6.07) is 7.70. The fourth-order valence-corrected chi connectivity index (χ4v) is 1.26. The lowest BCUT2D eigenvalue weighted by atomic mass is 10.1. The van der Waals surface area contributed by atoms with Crippen molar-refractivity contribution in [3.8, 4) is 11.8 Å². The second kappa shape index (κ2) is 5.21. The summed E-state index contributed by atoms with van der Waals surface area (Å²) in [5.41, 5.74) is 2.68. The van der Waals surface area contributed by atoms with Crippen LogP contribution in [0.3, 0.4) is 0 Å². The normalized spacial score (nSPS) is 9.40. The molecule has 15 heavy (non-hydrogen) atoms. The van der Waals surface area contributed by atoms with E-state index in [1.165, 1.54) is 0 Å². The number of hydrogen-bond acceptors (Lipinski definition) is 2. The molecule has 0 saturated heterocycles. The first-order valence-corrected chi connectivity index (χ1v) is 4.92. The molecule has 0 spiro atoms. The molecule has 0 radical (unpaired) electrons. The summed E-state index contributed by atoms with van der Waals surface area (Å²) in [5, 5.41) is 8.90. The zero-order valence-corrected chi connectivity index (χ0v) is 9.21. The number of benzene rings is 1. The molecule has 0 aromatic heterocycles. The van der Waals surface area contributed by atoms with Crippen LogP contribution in [-0.4, -0.2) is 6.61 Å². The summed E-state index contributed by atoms with van der Waals surface area (Å²) >= 11 is 0. The zero-order chi connectivity index (χ0) is 11.3. The minimum atomic E-state index is 0.578. The number of hydrogen-bond donors (Lipinski definition) is 0. The molecule has 0 aliphatic rings. The molecule has 1 aromatic carbocycles. The standard InChI is InChI=1S/C13H15NO/c1-10(2)7-8-15-13-11(3)5-4-6-12(13)9-14/h4-6H,1,7-8H2,2-3H3. The summed E-state index contributed by atoms with van der Waals surface area (Å²) in [6.45, 7) is 8.29. The maximum absolute atomic E-state index is 8.90. The van der Waals surface area contributed by atoms with Crippen LogP contribution in [0.2, 0.25) is 0 Å². The first-order chi connectivity index (χ1) is 7.15. The van der Waals surface area contributed by atoms with E-state index in [1.807, 2.05) is 26.0 Å². The van der Waals surface area contributed by atoms with E-state index >= 15 is 0 Å². The molecule has 0 fully saturated rings. The van der Waals surface area contributed by atoms with Gasteiger partial charge in [0.1, 0.15) is 11.8 Å². The summed E-state index contributed by atoms with van der Waals surface area (Å²) in [6.07, 6.45) is 0.819. The third-order valence-corrected chi connectivity index (χ3v) is 2.11. The number of rotatable bonds is 4. The molecule has 0 aliphatic carbocycles. The van der Waals surface area contributed by atoms with E-state index in [4.69, 9.17) is 10.00 Å². The molecule has 0 atom stereocenters. The van der Waals surface area contributed by atoms with Gasteiger partial charge in [0, 0.05) is 6.42 Å². The summed E-state index contributed by atoms with van der Waals surface area (Å²) in [7, 11) is 0. The van der Waals surface area contributed by atoms with Gasteiger partial charge in [-0.1, -0.05) is 17.7 Å². The Morgan fingerprint density at radius 2 is 2.27 bits per heavy atom. The number of ether oxygens (including phenoxy) is 1. The van der Waals surface area contributed by atoms with Gasteiger partial charge in [-0.05, 0) is 25.5 Å². The average molecular weight is 201 g/mol. The van der Waals surface area contributed by atoms with Crippen molar-refractivity contribution in [2.75, 3.05) is 6.61 Å². The third kappa shape index (κ3) is 3.14. The van der Waals surface area contributed by atoms with E-state index in [0.29, 0.717) is 17.9 Å². The minimum Gasteiger partial charge on any atom is -0.492 e. The minimum absolute atomic E-state index is 0.578. The van der Waals surface area contributed by atoms with Crippen molar-refractivity contribution in [2.24, 2.45) is 0 Å². The highest BCUT2D eigenvalue weighted by Gasteiger charge is 2.05. The smallest absolute Gasteiger partial charge is 0.139 e. The van der Waals surface area contributed by atoms with Crippen LogP contribution in [0.15, 0.2) is 30.4 Å². The van der Waals surface area contributed by atoms with Crippen molar-refractivity contribution in [2.45, 2.75) is 20.3 Å². The Hall–Kier alpha value is -1.75. The van der Waals surface area contributed by atoms with E-state index in [2.05, 4.69) is 12.6 Å². The monoisotopic (exact) mass is 201 g/mol. The van der Waals surface area contributed by atoms with Crippen molar-refractivity contribution in [3.63, 3.8) is 0 Å². The largest absolute Gasteiger partial charge is 0.492 e. The Kier molecular flexibility index (Phi) is 3.93. The third-order valence-electron chi connectivity index (χ3n) is 2.11. The second-order valence-electron chi connectivity index (χ2n) is 3.62. The van der Waals surface area contributed by atoms with E-state index in [-0.39, 0.29) is 0 Å². The highest BCUT2D eigenvalue weighted by molar-refractivity contribution is 5.47. The predicted octanol–water partition coefficient (Wildman–Crippen LogP) is 3.21. The van der Waals surface area contributed by atoms with E-state index in [0.717, 1.165) is 17.6 Å². The highest BCUT2D eigenvalue weighted by Crippen LogP contribution is 2.22. The van der Waals surface area contributed by atoms with Crippen molar-refractivity contribution in [1.82, 2.24) is 0 Å². The molecule has 1 rings (SSSR count). The Balaban J connectivity index is 2.76.